The summed E-state index contributed by atoms with van der Waals surface area (Å²) in [6.07, 6.45) is 5.43. The lowest BCUT2D eigenvalue weighted by atomic mass is 10.3. The van der Waals surface area contributed by atoms with Crippen molar-refractivity contribution < 1.29 is 4.74 Å². The molecule has 0 aliphatic heterocycles. The minimum absolute atomic E-state index is 0.663. The first-order chi connectivity index (χ1) is 8.30. The average Bonchev–Trinajstić information content (AvgIpc) is 2.35. The van der Waals surface area contributed by atoms with Crippen LogP contribution in [-0.2, 0) is 0 Å². The summed E-state index contributed by atoms with van der Waals surface area (Å²) < 4.78 is 5.63. The number of hydrogen-bond acceptors (Lipinski definition) is 5. The molecule has 5 heteroatoms. The van der Waals surface area contributed by atoms with Gasteiger partial charge in [0.1, 0.15) is 5.82 Å². The molecular weight excluding hydrogens is 234 g/mol. The quantitative estimate of drug-likeness (QED) is 0.439. The monoisotopic (exact) mass is 255 g/mol. The SMILES string of the molecule is CCCCCOc1cc(NCC)nc(SC)n1. The van der Waals surface area contributed by atoms with Gasteiger partial charge in [-0.3, -0.25) is 0 Å². The Bertz CT molecular complexity index is 334. The Kier molecular flexibility index (Phi) is 6.77. The molecule has 0 saturated carbocycles. The van der Waals surface area contributed by atoms with Crippen LogP contribution in [0.5, 0.6) is 5.88 Å². The molecule has 0 aromatic carbocycles. The third kappa shape index (κ3) is 5.26. The molecule has 1 aromatic rings. The van der Waals surface area contributed by atoms with Crippen LogP contribution in [0.25, 0.3) is 0 Å². The highest BCUT2D eigenvalue weighted by atomic mass is 32.2. The first-order valence-corrected chi connectivity index (χ1v) is 7.32. The Hall–Kier alpha value is -0.970. The third-order valence-electron chi connectivity index (χ3n) is 2.22. The van der Waals surface area contributed by atoms with Gasteiger partial charge in [-0.05, 0) is 19.6 Å². The number of thioether (sulfide) groups is 1. The van der Waals surface area contributed by atoms with Crippen molar-refractivity contribution in [2.75, 3.05) is 24.7 Å². The highest BCUT2D eigenvalue weighted by molar-refractivity contribution is 7.98. The van der Waals surface area contributed by atoms with Gasteiger partial charge in [0.25, 0.3) is 0 Å². The lowest BCUT2D eigenvalue weighted by Gasteiger charge is -2.08. The normalized spacial score (nSPS) is 10.3. The fraction of sp³-hybridized carbons (Fsp3) is 0.667. The maximum absolute atomic E-state index is 5.63. The summed E-state index contributed by atoms with van der Waals surface area (Å²) in [7, 11) is 0. The average molecular weight is 255 g/mol. The molecule has 4 nitrogen and oxygen atoms in total. The van der Waals surface area contributed by atoms with Crippen LogP contribution >= 0.6 is 11.8 Å². The van der Waals surface area contributed by atoms with E-state index in [4.69, 9.17) is 4.74 Å². The van der Waals surface area contributed by atoms with E-state index >= 15 is 0 Å². The summed E-state index contributed by atoms with van der Waals surface area (Å²) in [5.41, 5.74) is 0. The molecule has 0 atom stereocenters. The molecule has 96 valence electrons. The van der Waals surface area contributed by atoms with Crippen molar-refractivity contribution in [2.45, 2.75) is 38.3 Å². The van der Waals surface area contributed by atoms with Crippen molar-refractivity contribution >= 4 is 17.6 Å². The largest absolute Gasteiger partial charge is 0.478 e. The van der Waals surface area contributed by atoms with Gasteiger partial charge in [-0.1, -0.05) is 31.5 Å². The molecule has 1 aromatic heterocycles. The zero-order chi connectivity index (χ0) is 12.5. The molecule has 1 heterocycles. The lowest BCUT2D eigenvalue weighted by Crippen LogP contribution is -2.04. The van der Waals surface area contributed by atoms with E-state index in [2.05, 4.69) is 22.2 Å². The molecule has 0 spiro atoms. The number of aromatic nitrogens is 2. The Morgan fingerprint density at radius 1 is 1.29 bits per heavy atom. The van der Waals surface area contributed by atoms with Gasteiger partial charge in [0, 0.05) is 12.6 Å². The zero-order valence-electron chi connectivity index (χ0n) is 10.8. The molecule has 0 aliphatic carbocycles. The number of unbranched alkanes of at least 4 members (excludes halogenated alkanes) is 2. The van der Waals surface area contributed by atoms with Crippen LogP contribution in [0.15, 0.2) is 11.2 Å². The van der Waals surface area contributed by atoms with Gasteiger partial charge in [0.05, 0.1) is 6.61 Å². The number of nitrogens with zero attached hydrogens (tertiary/aromatic N) is 2. The standard InChI is InChI=1S/C12H21N3OS/c1-4-6-7-8-16-11-9-10(13-5-2)14-12(15-11)17-3/h9H,4-8H2,1-3H3,(H,13,14,15). The van der Waals surface area contributed by atoms with E-state index in [-0.39, 0.29) is 0 Å². The Labute approximate surface area is 108 Å². The minimum atomic E-state index is 0.663. The van der Waals surface area contributed by atoms with Gasteiger partial charge >= 0.3 is 0 Å². The molecule has 0 radical (unpaired) electrons. The summed E-state index contributed by atoms with van der Waals surface area (Å²) in [6, 6.07) is 1.86. The summed E-state index contributed by atoms with van der Waals surface area (Å²) in [5.74, 6) is 1.49. The number of rotatable bonds is 8. The molecule has 0 unspecified atom stereocenters. The van der Waals surface area contributed by atoms with Gasteiger partial charge in [-0.25, -0.2) is 4.98 Å². The van der Waals surface area contributed by atoms with Gasteiger partial charge in [0.15, 0.2) is 5.16 Å². The molecule has 1 rings (SSSR count). The number of anilines is 1. The van der Waals surface area contributed by atoms with Crippen LogP contribution < -0.4 is 10.1 Å². The fourth-order valence-corrected chi connectivity index (χ4v) is 1.74. The predicted molar refractivity (Wildman–Crippen MR) is 73.0 cm³/mol. The molecule has 0 aliphatic rings. The molecule has 0 bridgehead atoms. The maximum atomic E-state index is 5.63. The number of ether oxygens (including phenoxy) is 1. The first-order valence-electron chi connectivity index (χ1n) is 6.09. The number of hydrogen-bond donors (Lipinski definition) is 1. The first kappa shape index (κ1) is 14.1. The molecule has 0 saturated heterocycles. The van der Waals surface area contributed by atoms with E-state index in [1.807, 2.05) is 19.2 Å². The highest BCUT2D eigenvalue weighted by Gasteiger charge is 2.04. The van der Waals surface area contributed by atoms with Crippen LogP contribution in [0.3, 0.4) is 0 Å². The van der Waals surface area contributed by atoms with E-state index in [1.165, 1.54) is 24.6 Å². The van der Waals surface area contributed by atoms with Crippen molar-refractivity contribution in [3.8, 4) is 5.88 Å². The van der Waals surface area contributed by atoms with Gasteiger partial charge in [-0.2, -0.15) is 4.98 Å². The van der Waals surface area contributed by atoms with Crippen molar-refractivity contribution in [3.63, 3.8) is 0 Å². The summed E-state index contributed by atoms with van der Waals surface area (Å²) >= 11 is 1.52. The van der Waals surface area contributed by atoms with Gasteiger partial charge in [-0.15, -0.1) is 0 Å². The summed E-state index contributed by atoms with van der Waals surface area (Å²) in [4.78, 5) is 8.67. The zero-order valence-corrected chi connectivity index (χ0v) is 11.6. The third-order valence-corrected chi connectivity index (χ3v) is 2.77. The second kappa shape index (κ2) is 8.17. The van der Waals surface area contributed by atoms with Crippen LogP contribution in [0.4, 0.5) is 5.82 Å². The fourth-order valence-electron chi connectivity index (χ4n) is 1.37. The van der Waals surface area contributed by atoms with Crippen LogP contribution in [0.1, 0.15) is 33.1 Å². The Morgan fingerprint density at radius 2 is 2.12 bits per heavy atom. The van der Waals surface area contributed by atoms with Crippen LogP contribution in [0.2, 0.25) is 0 Å². The van der Waals surface area contributed by atoms with Crippen molar-refractivity contribution in [2.24, 2.45) is 0 Å². The van der Waals surface area contributed by atoms with E-state index < -0.39 is 0 Å². The van der Waals surface area contributed by atoms with Gasteiger partial charge in [0.2, 0.25) is 5.88 Å². The van der Waals surface area contributed by atoms with E-state index in [0.29, 0.717) is 5.88 Å². The van der Waals surface area contributed by atoms with Crippen molar-refractivity contribution in [3.05, 3.63) is 6.07 Å². The summed E-state index contributed by atoms with van der Waals surface area (Å²) in [5, 5.41) is 3.92. The maximum Gasteiger partial charge on any atom is 0.219 e. The molecule has 1 N–H and O–H groups in total. The molecule has 0 fully saturated rings. The summed E-state index contributed by atoms with van der Waals surface area (Å²) in [6.45, 7) is 5.80. The van der Waals surface area contributed by atoms with E-state index in [1.54, 1.807) is 0 Å². The smallest absolute Gasteiger partial charge is 0.219 e. The number of nitrogens with one attached hydrogen (secondary N) is 1. The Morgan fingerprint density at radius 3 is 2.76 bits per heavy atom. The second-order valence-electron chi connectivity index (χ2n) is 3.66. The molecular formula is C12H21N3OS. The second-order valence-corrected chi connectivity index (χ2v) is 4.44. The van der Waals surface area contributed by atoms with Crippen LogP contribution in [0, 0.1) is 0 Å². The Balaban J connectivity index is 2.59. The van der Waals surface area contributed by atoms with E-state index in [0.717, 1.165) is 30.5 Å². The van der Waals surface area contributed by atoms with Gasteiger partial charge < -0.3 is 10.1 Å². The van der Waals surface area contributed by atoms with Crippen molar-refractivity contribution in [1.29, 1.82) is 0 Å². The predicted octanol–water partition coefficient (Wildman–Crippen LogP) is 3.20. The van der Waals surface area contributed by atoms with E-state index in [9.17, 15) is 0 Å². The lowest BCUT2D eigenvalue weighted by molar-refractivity contribution is 0.292. The topological polar surface area (TPSA) is 47.0 Å². The van der Waals surface area contributed by atoms with Crippen molar-refractivity contribution in [1.82, 2.24) is 9.97 Å². The highest BCUT2D eigenvalue weighted by Crippen LogP contribution is 2.19. The minimum Gasteiger partial charge on any atom is -0.478 e. The molecule has 17 heavy (non-hydrogen) atoms. The van der Waals surface area contributed by atoms with Crippen LogP contribution in [-0.4, -0.2) is 29.4 Å². The molecule has 0 amide bonds.